The highest BCUT2D eigenvalue weighted by atomic mass is 79.9. The summed E-state index contributed by atoms with van der Waals surface area (Å²) in [7, 11) is 0. The van der Waals surface area contributed by atoms with Crippen LogP contribution in [-0.4, -0.2) is 33.9 Å². The van der Waals surface area contributed by atoms with Crippen LogP contribution in [0.5, 0.6) is 5.75 Å². The lowest BCUT2D eigenvalue weighted by molar-refractivity contribution is -0.138. The number of aliphatic carboxylic acids is 1. The predicted octanol–water partition coefficient (Wildman–Crippen LogP) is 2.18. The van der Waals surface area contributed by atoms with Gasteiger partial charge in [-0.3, -0.25) is 4.79 Å². The quantitative estimate of drug-likeness (QED) is 0.711. The van der Waals surface area contributed by atoms with Crippen molar-refractivity contribution >= 4 is 37.8 Å². The summed E-state index contributed by atoms with van der Waals surface area (Å²) < 4.78 is 5.54. The monoisotopic (exact) mass is 379 g/mol. The van der Waals surface area contributed by atoms with Crippen LogP contribution in [0.2, 0.25) is 0 Å². The Labute approximate surface area is 123 Å². The van der Waals surface area contributed by atoms with Crippen molar-refractivity contribution in [3.05, 3.63) is 29.8 Å². The first-order valence-electron chi connectivity index (χ1n) is 5.43. The first-order chi connectivity index (χ1) is 8.52. The Morgan fingerprint density at radius 1 is 1.39 bits per heavy atom. The maximum Gasteiger partial charge on any atom is 0.320 e. The maximum atomic E-state index is 10.6. The Morgan fingerprint density at radius 3 is 2.50 bits per heavy atom. The molecule has 0 aromatic heterocycles. The van der Waals surface area contributed by atoms with Crippen molar-refractivity contribution in [2.75, 3.05) is 11.9 Å². The molecule has 0 bridgehead atoms. The minimum absolute atomic E-state index is 0.262. The first-order valence-corrected chi connectivity index (χ1v) is 7.46. The average Bonchev–Trinajstić information content (AvgIpc) is 2.37. The van der Waals surface area contributed by atoms with Gasteiger partial charge in [0.1, 0.15) is 18.4 Å². The maximum absolute atomic E-state index is 10.6. The van der Waals surface area contributed by atoms with Crippen LogP contribution in [-0.2, 0) is 11.2 Å². The fourth-order valence-electron chi connectivity index (χ4n) is 1.29. The number of carbonyl (C=O) groups is 1. The lowest BCUT2D eigenvalue weighted by atomic mass is 10.1. The number of benzene rings is 1. The van der Waals surface area contributed by atoms with E-state index in [0.717, 1.165) is 16.6 Å². The van der Waals surface area contributed by atoms with E-state index in [0.29, 0.717) is 13.0 Å². The van der Waals surface area contributed by atoms with Crippen LogP contribution in [0.4, 0.5) is 0 Å². The standard InChI is InChI=1S/C12H15Br2NO3/c13-6-9(14)7-18-10-3-1-8(2-4-10)5-11(15)12(16)17/h1-4,9,11H,5-7,15H2,(H,16,17)/t9?,11-/m0/s1. The summed E-state index contributed by atoms with van der Waals surface area (Å²) in [6.45, 7) is 0.569. The number of halogens is 2. The topological polar surface area (TPSA) is 72.5 Å². The van der Waals surface area contributed by atoms with Crippen molar-refractivity contribution in [1.82, 2.24) is 0 Å². The number of nitrogens with two attached hydrogens (primary N) is 1. The van der Waals surface area contributed by atoms with E-state index in [9.17, 15) is 4.79 Å². The molecule has 2 atom stereocenters. The zero-order valence-electron chi connectivity index (χ0n) is 9.68. The van der Waals surface area contributed by atoms with Gasteiger partial charge in [-0.1, -0.05) is 44.0 Å². The molecule has 0 fully saturated rings. The van der Waals surface area contributed by atoms with Crippen LogP contribution < -0.4 is 10.5 Å². The van der Waals surface area contributed by atoms with Crippen LogP contribution in [0.15, 0.2) is 24.3 Å². The summed E-state index contributed by atoms with van der Waals surface area (Å²) in [5.74, 6) is -0.233. The molecule has 1 unspecified atom stereocenters. The second-order valence-corrected chi connectivity index (χ2v) is 5.80. The van der Waals surface area contributed by atoms with Crippen molar-refractivity contribution in [3.8, 4) is 5.75 Å². The highest BCUT2D eigenvalue weighted by molar-refractivity contribution is 9.12. The molecule has 0 heterocycles. The number of hydrogen-bond donors (Lipinski definition) is 2. The van der Waals surface area contributed by atoms with Crippen LogP contribution in [0.1, 0.15) is 5.56 Å². The molecule has 1 aromatic carbocycles. The summed E-state index contributed by atoms with van der Waals surface area (Å²) in [6.07, 6.45) is 0.318. The highest BCUT2D eigenvalue weighted by Crippen LogP contribution is 2.15. The molecular weight excluding hydrogens is 366 g/mol. The van der Waals surface area contributed by atoms with E-state index in [1.807, 2.05) is 24.3 Å². The Morgan fingerprint density at radius 2 is 2.00 bits per heavy atom. The van der Waals surface area contributed by atoms with Crippen molar-refractivity contribution in [2.24, 2.45) is 5.73 Å². The summed E-state index contributed by atoms with van der Waals surface area (Å²) in [6, 6.07) is 6.43. The Kier molecular flexibility index (Phi) is 6.67. The minimum Gasteiger partial charge on any atom is -0.492 e. The van der Waals surface area contributed by atoms with E-state index in [-0.39, 0.29) is 4.83 Å². The molecule has 6 heteroatoms. The van der Waals surface area contributed by atoms with Crippen molar-refractivity contribution in [1.29, 1.82) is 0 Å². The van der Waals surface area contributed by atoms with E-state index >= 15 is 0 Å². The normalized spacial score (nSPS) is 13.9. The number of ether oxygens (including phenoxy) is 1. The highest BCUT2D eigenvalue weighted by Gasteiger charge is 2.11. The second-order valence-electron chi connectivity index (χ2n) is 3.86. The molecule has 0 aliphatic rings. The summed E-state index contributed by atoms with van der Waals surface area (Å²) >= 11 is 6.79. The summed E-state index contributed by atoms with van der Waals surface area (Å²) in [4.78, 5) is 10.9. The first kappa shape index (κ1) is 15.5. The SMILES string of the molecule is N[C@@H](Cc1ccc(OCC(Br)CBr)cc1)C(=O)O. The molecular formula is C12H15Br2NO3. The number of hydrogen-bond acceptors (Lipinski definition) is 3. The van der Waals surface area contributed by atoms with E-state index < -0.39 is 12.0 Å². The van der Waals surface area contributed by atoms with Crippen LogP contribution >= 0.6 is 31.9 Å². The molecule has 4 nitrogen and oxygen atoms in total. The minimum atomic E-state index is -0.991. The molecule has 1 rings (SSSR count). The van der Waals surface area contributed by atoms with Gasteiger partial charge < -0.3 is 15.6 Å². The van der Waals surface area contributed by atoms with E-state index in [4.69, 9.17) is 15.6 Å². The van der Waals surface area contributed by atoms with E-state index in [2.05, 4.69) is 31.9 Å². The molecule has 3 N–H and O–H groups in total. The molecule has 100 valence electrons. The van der Waals surface area contributed by atoms with Gasteiger partial charge >= 0.3 is 5.97 Å². The molecule has 0 amide bonds. The van der Waals surface area contributed by atoms with Gasteiger partial charge in [0.2, 0.25) is 0 Å². The third-order valence-electron chi connectivity index (χ3n) is 2.29. The Hall–Kier alpha value is -0.590. The molecule has 0 saturated carbocycles. The summed E-state index contributed by atoms with van der Waals surface area (Å²) in [5.41, 5.74) is 6.34. The van der Waals surface area contributed by atoms with Gasteiger partial charge in [0.05, 0.1) is 4.83 Å². The fraction of sp³-hybridized carbons (Fsp3) is 0.417. The molecule has 0 saturated heterocycles. The number of alkyl halides is 2. The zero-order valence-corrected chi connectivity index (χ0v) is 12.9. The van der Waals surface area contributed by atoms with Crippen LogP contribution in [0.25, 0.3) is 0 Å². The van der Waals surface area contributed by atoms with Gasteiger partial charge in [-0.2, -0.15) is 0 Å². The Bertz CT molecular complexity index is 383. The lowest BCUT2D eigenvalue weighted by Crippen LogP contribution is -2.32. The number of carboxylic acid groups (broad SMARTS) is 1. The van der Waals surface area contributed by atoms with Gasteiger partial charge in [-0.05, 0) is 24.1 Å². The summed E-state index contributed by atoms with van der Waals surface area (Å²) in [5, 5.41) is 9.53. The predicted molar refractivity (Wildman–Crippen MR) is 77.8 cm³/mol. The van der Waals surface area contributed by atoms with Crippen molar-refractivity contribution in [3.63, 3.8) is 0 Å². The molecule has 18 heavy (non-hydrogen) atoms. The molecule has 0 aliphatic heterocycles. The average molecular weight is 381 g/mol. The van der Waals surface area contributed by atoms with Crippen LogP contribution in [0, 0.1) is 0 Å². The van der Waals surface area contributed by atoms with Crippen molar-refractivity contribution in [2.45, 2.75) is 17.3 Å². The van der Waals surface area contributed by atoms with Gasteiger partial charge in [-0.15, -0.1) is 0 Å². The van der Waals surface area contributed by atoms with Gasteiger partial charge in [0.25, 0.3) is 0 Å². The smallest absolute Gasteiger partial charge is 0.320 e. The van der Waals surface area contributed by atoms with Gasteiger partial charge in [0, 0.05) is 5.33 Å². The third-order valence-corrected chi connectivity index (χ3v) is 4.53. The third kappa shape index (κ3) is 5.37. The largest absolute Gasteiger partial charge is 0.492 e. The molecule has 1 aromatic rings. The van der Waals surface area contributed by atoms with E-state index in [1.54, 1.807) is 0 Å². The number of carboxylic acids is 1. The fourth-order valence-corrected chi connectivity index (χ4v) is 1.61. The van der Waals surface area contributed by atoms with E-state index in [1.165, 1.54) is 0 Å². The van der Waals surface area contributed by atoms with Crippen LogP contribution in [0.3, 0.4) is 0 Å². The molecule has 0 aliphatic carbocycles. The Balaban J connectivity index is 2.49. The second kappa shape index (κ2) is 7.76. The van der Waals surface area contributed by atoms with Crippen molar-refractivity contribution < 1.29 is 14.6 Å². The lowest BCUT2D eigenvalue weighted by Gasteiger charge is -2.10. The van der Waals surface area contributed by atoms with Gasteiger partial charge in [0.15, 0.2) is 0 Å². The molecule has 0 radical (unpaired) electrons. The van der Waals surface area contributed by atoms with Gasteiger partial charge in [-0.25, -0.2) is 0 Å². The zero-order chi connectivity index (χ0) is 13.5. The number of rotatable bonds is 7. The molecule has 0 spiro atoms.